The summed E-state index contributed by atoms with van der Waals surface area (Å²) in [6, 6.07) is 4.49. The van der Waals surface area contributed by atoms with Gasteiger partial charge in [-0.2, -0.15) is 0 Å². The molecule has 5 heteroatoms. The van der Waals surface area contributed by atoms with E-state index >= 15 is 0 Å². The average Bonchev–Trinajstić information content (AvgIpc) is 2.82. The molecule has 1 atom stereocenters. The van der Waals surface area contributed by atoms with Crippen LogP contribution in [0.4, 0.5) is 5.69 Å². The van der Waals surface area contributed by atoms with Crippen molar-refractivity contribution in [1.82, 2.24) is 5.32 Å². The van der Waals surface area contributed by atoms with Gasteiger partial charge in [-0.15, -0.1) is 0 Å². The number of rotatable bonds is 4. The van der Waals surface area contributed by atoms with Crippen molar-refractivity contribution in [3.05, 3.63) is 29.3 Å². The number of hydrogen-bond donors (Lipinski definition) is 2. The van der Waals surface area contributed by atoms with Crippen LogP contribution in [0, 0.1) is 0 Å². The highest BCUT2D eigenvalue weighted by atomic mass is 16.4. The Hall–Kier alpha value is -2.17. The monoisotopic (exact) mass is 246 g/mol. The van der Waals surface area contributed by atoms with Crippen molar-refractivity contribution in [1.29, 1.82) is 0 Å². The number of aliphatic carboxylic acids is 1. The Morgan fingerprint density at radius 2 is 2.28 bits per heavy atom. The largest absolute Gasteiger partial charge is 0.480 e. The van der Waals surface area contributed by atoms with E-state index in [2.05, 4.69) is 10.3 Å². The van der Waals surface area contributed by atoms with Gasteiger partial charge in [0, 0.05) is 12.6 Å². The maximum Gasteiger partial charge on any atom is 0.326 e. The highest BCUT2D eigenvalue weighted by Gasteiger charge is 2.22. The predicted molar refractivity (Wildman–Crippen MR) is 67.5 cm³/mol. The molecule has 0 spiro atoms. The summed E-state index contributed by atoms with van der Waals surface area (Å²) in [6.45, 7) is 1.71. The molecule has 1 aliphatic rings. The molecule has 94 valence electrons. The number of hydrogen-bond acceptors (Lipinski definition) is 3. The summed E-state index contributed by atoms with van der Waals surface area (Å²) in [6.07, 6.45) is 2.81. The van der Waals surface area contributed by atoms with Crippen LogP contribution in [0.25, 0.3) is 0 Å². The number of fused-ring (bicyclic) bond motifs is 1. The number of nitrogens with one attached hydrogen (secondary N) is 1. The van der Waals surface area contributed by atoms with Crippen LogP contribution in [0.5, 0.6) is 0 Å². The van der Waals surface area contributed by atoms with Crippen LogP contribution in [-0.2, 0) is 11.2 Å². The number of aliphatic imine (C=N–C) groups is 1. The van der Waals surface area contributed by atoms with Gasteiger partial charge < -0.3 is 10.4 Å². The summed E-state index contributed by atoms with van der Waals surface area (Å²) in [7, 11) is 0. The van der Waals surface area contributed by atoms with Crippen LogP contribution in [0.2, 0.25) is 0 Å². The summed E-state index contributed by atoms with van der Waals surface area (Å²) in [4.78, 5) is 27.1. The lowest BCUT2D eigenvalue weighted by atomic mass is 10.1. The van der Waals surface area contributed by atoms with E-state index in [1.54, 1.807) is 25.3 Å². The molecule has 0 aromatic heterocycles. The second-order valence-electron chi connectivity index (χ2n) is 4.10. The van der Waals surface area contributed by atoms with Gasteiger partial charge in [-0.25, -0.2) is 4.79 Å². The van der Waals surface area contributed by atoms with Crippen LogP contribution in [0.1, 0.15) is 29.3 Å². The second-order valence-corrected chi connectivity index (χ2v) is 4.10. The van der Waals surface area contributed by atoms with E-state index in [0.717, 1.165) is 5.56 Å². The van der Waals surface area contributed by atoms with E-state index in [9.17, 15) is 9.59 Å². The minimum atomic E-state index is -1.03. The van der Waals surface area contributed by atoms with Crippen LogP contribution < -0.4 is 5.32 Å². The van der Waals surface area contributed by atoms with Gasteiger partial charge in [0.1, 0.15) is 6.04 Å². The van der Waals surface area contributed by atoms with E-state index in [0.29, 0.717) is 24.1 Å². The molecule has 2 N–H and O–H groups in total. The Labute approximate surface area is 105 Å². The van der Waals surface area contributed by atoms with Crippen molar-refractivity contribution in [2.24, 2.45) is 4.99 Å². The molecule has 18 heavy (non-hydrogen) atoms. The zero-order valence-electron chi connectivity index (χ0n) is 10.0. The molecule has 2 rings (SSSR count). The summed E-state index contributed by atoms with van der Waals surface area (Å²) in [5.74, 6) is -1.41. The highest BCUT2D eigenvalue weighted by Crippen LogP contribution is 2.28. The highest BCUT2D eigenvalue weighted by molar-refractivity contribution is 6.02. The molecule has 0 radical (unpaired) electrons. The minimum absolute atomic E-state index is 0.347. The summed E-state index contributed by atoms with van der Waals surface area (Å²) < 4.78 is 0. The summed E-state index contributed by atoms with van der Waals surface area (Å²) >= 11 is 0. The van der Waals surface area contributed by atoms with Gasteiger partial charge in [-0.05, 0) is 18.1 Å². The molecule has 0 fully saturated rings. The number of para-hydroxylation sites is 1. The summed E-state index contributed by atoms with van der Waals surface area (Å²) in [5.41, 5.74) is 2.07. The Morgan fingerprint density at radius 1 is 1.50 bits per heavy atom. The van der Waals surface area contributed by atoms with Crippen molar-refractivity contribution in [3.63, 3.8) is 0 Å². The molecule has 1 unspecified atom stereocenters. The fourth-order valence-corrected chi connectivity index (χ4v) is 1.90. The molecule has 1 aliphatic heterocycles. The van der Waals surface area contributed by atoms with Crippen molar-refractivity contribution in [3.8, 4) is 0 Å². The zero-order valence-corrected chi connectivity index (χ0v) is 10.0. The summed E-state index contributed by atoms with van der Waals surface area (Å²) in [5, 5.41) is 11.4. The average molecular weight is 246 g/mol. The van der Waals surface area contributed by atoms with Gasteiger partial charge in [0.05, 0.1) is 11.3 Å². The van der Waals surface area contributed by atoms with E-state index in [-0.39, 0.29) is 5.91 Å². The van der Waals surface area contributed by atoms with Gasteiger partial charge in [0.2, 0.25) is 0 Å². The van der Waals surface area contributed by atoms with Crippen LogP contribution in [0.15, 0.2) is 23.2 Å². The molecule has 1 heterocycles. The Balaban J connectivity index is 2.22. The lowest BCUT2D eigenvalue weighted by molar-refractivity contribution is -0.139. The van der Waals surface area contributed by atoms with Gasteiger partial charge in [-0.1, -0.05) is 19.1 Å². The minimum Gasteiger partial charge on any atom is -0.480 e. The maximum atomic E-state index is 12.0. The van der Waals surface area contributed by atoms with Crippen LogP contribution in [-0.4, -0.2) is 29.2 Å². The number of carboxylic acids is 1. The molecule has 0 saturated heterocycles. The lowest BCUT2D eigenvalue weighted by Gasteiger charge is -2.13. The SMILES string of the molecule is CCC(NC(=O)c1cccc2c1N=CC2)C(=O)O. The van der Waals surface area contributed by atoms with Gasteiger partial charge >= 0.3 is 5.97 Å². The number of carbonyl (C=O) groups excluding carboxylic acids is 1. The smallest absolute Gasteiger partial charge is 0.326 e. The first-order valence-corrected chi connectivity index (χ1v) is 5.81. The number of benzene rings is 1. The van der Waals surface area contributed by atoms with E-state index in [1.807, 2.05) is 6.07 Å². The van der Waals surface area contributed by atoms with Crippen molar-refractivity contribution in [2.75, 3.05) is 0 Å². The predicted octanol–water partition coefficient (Wildman–Crippen LogP) is 1.54. The molecular formula is C13H14N2O3. The van der Waals surface area contributed by atoms with Gasteiger partial charge in [-0.3, -0.25) is 9.79 Å². The molecule has 1 amide bonds. The van der Waals surface area contributed by atoms with Crippen molar-refractivity contribution >= 4 is 23.8 Å². The first-order valence-electron chi connectivity index (χ1n) is 5.81. The molecule has 0 bridgehead atoms. The fourth-order valence-electron chi connectivity index (χ4n) is 1.90. The van der Waals surface area contributed by atoms with Gasteiger partial charge in [0.15, 0.2) is 0 Å². The second kappa shape index (κ2) is 5.00. The standard InChI is InChI=1S/C13H14N2O3/c1-2-10(13(17)18)15-12(16)9-5-3-4-8-6-7-14-11(8)9/h3-5,7,10H,2,6H2,1H3,(H,15,16)(H,17,18). The Kier molecular flexibility index (Phi) is 3.41. The quantitative estimate of drug-likeness (QED) is 0.845. The maximum absolute atomic E-state index is 12.0. The van der Waals surface area contributed by atoms with Crippen LogP contribution in [0.3, 0.4) is 0 Å². The van der Waals surface area contributed by atoms with Crippen molar-refractivity contribution in [2.45, 2.75) is 25.8 Å². The number of carbonyl (C=O) groups is 2. The van der Waals surface area contributed by atoms with Gasteiger partial charge in [0.25, 0.3) is 5.91 Å². The zero-order chi connectivity index (χ0) is 13.1. The van der Waals surface area contributed by atoms with E-state index < -0.39 is 12.0 Å². The Bertz CT molecular complexity index is 523. The Morgan fingerprint density at radius 3 is 2.94 bits per heavy atom. The normalized spacial score (nSPS) is 14.1. The van der Waals surface area contributed by atoms with E-state index in [1.165, 1.54) is 0 Å². The molecule has 0 aliphatic carbocycles. The molecule has 5 nitrogen and oxygen atoms in total. The van der Waals surface area contributed by atoms with E-state index in [4.69, 9.17) is 5.11 Å². The third kappa shape index (κ3) is 2.25. The number of amides is 1. The lowest BCUT2D eigenvalue weighted by Crippen LogP contribution is -2.40. The third-order valence-electron chi connectivity index (χ3n) is 2.91. The first kappa shape index (κ1) is 12.3. The number of carboxylic acid groups (broad SMARTS) is 1. The molecule has 1 aromatic carbocycles. The molecule has 0 saturated carbocycles. The number of nitrogens with zero attached hydrogens (tertiary/aromatic N) is 1. The molecular weight excluding hydrogens is 232 g/mol. The topological polar surface area (TPSA) is 78.8 Å². The third-order valence-corrected chi connectivity index (χ3v) is 2.91. The molecule has 1 aromatic rings. The first-order chi connectivity index (χ1) is 8.63. The van der Waals surface area contributed by atoms with Crippen LogP contribution >= 0.6 is 0 Å². The fraction of sp³-hybridized carbons (Fsp3) is 0.308. The van der Waals surface area contributed by atoms with Crippen molar-refractivity contribution < 1.29 is 14.7 Å².